The Morgan fingerprint density at radius 1 is 1.03 bits per heavy atom. The van der Waals surface area contributed by atoms with E-state index in [1.165, 1.54) is 19.3 Å². The van der Waals surface area contributed by atoms with Gasteiger partial charge in [0.05, 0.1) is 7.11 Å². The molecule has 3 rings (SSSR count). The number of amides is 1. The van der Waals surface area contributed by atoms with Gasteiger partial charge in [-0.3, -0.25) is 4.79 Å². The van der Waals surface area contributed by atoms with E-state index in [4.69, 9.17) is 14.2 Å². The predicted octanol–water partition coefficient (Wildman–Crippen LogP) is 5.28. The number of aryl methyl sites for hydroxylation is 2. The minimum Gasteiger partial charge on any atom is -0.493 e. The topological polar surface area (TPSA) is 97.6 Å². The highest BCUT2D eigenvalue weighted by Gasteiger charge is 2.15. The molecule has 184 valence electrons. The van der Waals surface area contributed by atoms with Gasteiger partial charge >= 0.3 is 5.97 Å². The number of halogens is 1. The Morgan fingerprint density at radius 3 is 2.36 bits per heavy atom. The molecule has 3 aromatic rings. The normalized spacial score (nSPS) is 10.8. The summed E-state index contributed by atoms with van der Waals surface area (Å²) in [5.41, 5.74) is 3.18. The SMILES string of the molecule is COc1cc(/C=C(\C#N)C(=O)NCc2ccccc2)ccc1OC(=O)COc1c(C)cc(Br)cc1C. The van der Waals surface area contributed by atoms with E-state index in [0.717, 1.165) is 21.2 Å². The van der Waals surface area contributed by atoms with E-state index in [-0.39, 0.29) is 23.7 Å². The molecule has 0 aliphatic heterocycles. The number of carbonyl (C=O) groups is 2. The van der Waals surface area contributed by atoms with Crippen LogP contribution in [0.2, 0.25) is 0 Å². The van der Waals surface area contributed by atoms with E-state index >= 15 is 0 Å². The van der Waals surface area contributed by atoms with Crippen LogP contribution in [0.1, 0.15) is 22.3 Å². The number of carbonyl (C=O) groups excluding carboxylic acids is 2. The van der Waals surface area contributed by atoms with Crippen molar-refractivity contribution in [2.24, 2.45) is 0 Å². The number of nitrogens with zero attached hydrogens (tertiary/aromatic N) is 1. The lowest BCUT2D eigenvalue weighted by Crippen LogP contribution is -2.23. The first-order valence-electron chi connectivity index (χ1n) is 11.0. The maximum absolute atomic E-state index is 12.5. The van der Waals surface area contributed by atoms with Gasteiger partial charge < -0.3 is 19.5 Å². The summed E-state index contributed by atoms with van der Waals surface area (Å²) >= 11 is 3.43. The van der Waals surface area contributed by atoms with Crippen molar-refractivity contribution in [1.29, 1.82) is 5.26 Å². The van der Waals surface area contributed by atoms with Crippen molar-refractivity contribution >= 4 is 33.9 Å². The average molecular weight is 549 g/mol. The fourth-order valence-corrected chi connectivity index (χ4v) is 4.14. The molecule has 1 N–H and O–H groups in total. The van der Waals surface area contributed by atoms with E-state index in [1.54, 1.807) is 12.1 Å². The maximum Gasteiger partial charge on any atom is 0.349 e. The Kier molecular flexibility index (Phi) is 9.25. The largest absolute Gasteiger partial charge is 0.493 e. The van der Waals surface area contributed by atoms with Crippen molar-refractivity contribution in [3.63, 3.8) is 0 Å². The highest BCUT2D eigenvalue weighted by Crippen LogP contribution is 2.30. The molecule has 0 aliphatic rings. The van der Waals surface area contributed by atoms with Gasteiger partial charge in [0.15, 0.2) is 18.1 Å². The lowest BCUT2D eigenvalue weighted by atomic mass is 10.1. The van der Waals surface area contributed by atoms with Crippen LogP contribution in [0.5, 0.6) is 17.2 Å². The van der Waals surface area contributed by atoms with Gasteiger partial charge in [0.2, 0.25) is 0 Å². The molecule has 36 heavy (non-hydrogen) atoms. The van der Waals surface area contributed by atoms with Gasteiger partial charge in [-0.25, -0.2) is 4.79 Å². The fourth-order valence-electron chi connectivity index (χ4n) is 3.46. The molecule has 8 heteroatoms. The third kappa shape index (κ3) is 7.20. The molecule has 3 aromatic carbocycles. The first-order valence-corrected chi connectivity index (χ1v) is 11.8. The summed E-state index contributed by atoms with van der Waals surface area (Å²) in [5.74, 6) is -0.00499. The standard InChI is InChI=1S/C28H25BrN2O5/c1-18-11-23(29)12-19(2)27(18)35-17-26(32)36-24-10-9-21(14-25(24)34-3)13-22(15-30)28(33)31-16-20-7-5-4-6-8-20/h4-14H,16-17H2,1-3H3,(H,31,33)/b22-13+. The molecule has 0 spiro atoms. The number of hydrogen-bond acceptors (Lipinski definition) is 6. The predicted molar refractivity (Wildman–Crippen MR) is 140 cm³/mol. The molecule has 0 radical (unpaired) electrons. The Balaban J connectivity index is 1.66. The third-order valence-electron chi connectivity index (χ3n) is 5.14. The molecule has 0 atom stereocenters. The average Bonchev–Trinajstić information content (AvgIpc) is 2.86. The smallest absolute Gasteiger partial charge is 0.349 e. The maximum atomic E-state index is 12.5. The summed E-state index contributed by atoms with van der Waals surface area (Å²) < 4.78 is 17.4. The Hall–Kier alpha value is -4.09. The van der Waals surface area contributed by atoms with Crippen LogP contribution in [0.3, 0.4) is 0 Å². The van der Waals surface area contributed by atoms with Crippen molar-refractivity contribution in [3.8, 4) is 23.3 Å². The summed E-state index contributed by atoms with van der Waals surface area (Å²) in [6, 6.07) is 19.9. The quantitative estimate of drug-likeness (QED) is 0.169. The summed E-state index contributed by atoms with van der Waals surface area (Å²) in [4.78, 5) is 24.9. The van der Waals surface area contributed by atoms with Crippen LogP contribution in [-0.2, 0) is 16.1 Å². The molecule has 0 unspecified atom stereocenters. The molecule has 0 aliphatic carbocycles. The molecule has 0 aromatic heterocycles. The van der Waals surface area contributed by atoms with Gasteiger partial charge in [-0.1, -0.05) is 52.3 Å². The minimum atomic E-state index is -0.601. The highest BCUT2D eigenvalue weighted by molar-refractivity contribution is 9.10. The second-order valence-corrected chi connectivity index (χ2v) is 8.80. The van der Waals surface area contributed by atoms with Crippen molar-refractivity contribution in [1.82, 2.24) is 5.32 Å². The van der Waals surface area contributed by atoms with Crippen LogP contribution in [-0.4, -0.2) is 25.6 Å². The van der Waals surface area contributed by atoms with E-state index in [9.17, 15) is 14.9 Å². The Bertz CT molecular complexity index is 1310. The first kappa shape index (κ1) is 26.5. The van der Waals surface area contributed by atoms with E-state index < -0.39 is 11.9 Å². The van der Waals surface area contributed by atoms with Crippen LogP contribution in [0.25, 0.3) is 6.08 Å². The zero-order valence-corrected chi connectivity index (χ0v) is 21.7. The van der Waals surface area contributed by atoms with Crippen LogP contribution in [0, 0.1) is 25.2 Å². The molecule has 0 fully saturated rings. The molecule has 0 heterocycles. The summed E-state index contributed by atoms with van der Waals surface area (Å²) in [6.45, 7) is 3.81. The number of hydrogen-bond donors (Lipinski definition) is 1. The number of rotatable bonds is 9. The van der Waals surface area contributed by atoms with Crippen molar-refractivity contribution < 1.29 is 23.8 Å². The lowest BCUT2D eigenvalue weighted by molar-refractivity contribution is -0.136. The van der Waals surface area contributed by atoms with E-state index in [0.29, 0.717) is 17.9 Å². The van der Waals surface area contributed by atoms with Crippen LogP contribution >= 0.6 is 15.9 Å². The van der Waals surface area contributed by atoms with E-state index in [1.807, 2.05) is 62.4 Å². The number of esters is 1. The van der Waals surface area contributed by atoms with Crippen molar-refractivity contribution in [2.45, 2.75) is 20.4 Å². The minimum absolute atomic E-state index is 0.0635. The molecular formula is C28H25BrN2O5. The van der Waals surface area contributed by atoms with Gasteiger partial charge in [-0.2, -0.15) is 5.26 Å². The summed E-state index contributed by atoms with van der Waals surface area (Å²) in [7, 11) is 1.43. The molecule has 7 nitrogen and oxygen atoms in total. The first-order chi connectivity index (χ1) is 17.3. The molecule has 0 bridgehead atoms. The van der Waals surface area contributed by atoms with Gasteiger partial charge in [0, 0.05) is 11.0 Å². The highest BCUT2D eigenvalue weighted by atomic mass is 79.9. The Morgan fingerprint density at radius 2 is 1.72 bits per heavy atom. The zero-order chi connectivity index (χ0) is 26.1. The molecule has 0 saturated carbocycles. The van der Waals surface area contributed by atoms with Crippen molar-refractivity contribution in [2.75, 3.05) is 13.7 Å². The Labute approximate surface area is 218 Å². The van der Waals surface area contributed by atoms with Crippen molar-refractivity contribution in [3.05, 3.63) is 93.0 Å². The second-order valence-electron chi connectivity index (χ2n) is 7.88. The third-order valence-corrected chi connectivity index (χ3v) is 5.60. The van der Waals surface area contributed by atoms with E-state index in [2.05, 4.69) is 21.2 Å². The van der Waals surface area contributed by atoms with Crippen LogP contribution in [0.4, 0.5) is 0 Å². The summed E-state index contributed by atoms with van der Waals surface area (Å²) in [5, 5.41) is 12.2. The van der Waals surface area contributed by atoms with Gasteiger partial charge in [-0.15, -0.1) is 0 Å². The number of nitrogens with one attached hydrogen (secondary N) is 1. The number of ether oxygens (including phenoxy) is 3. The monoisotopic (exact) mass is 548 g/mol. The molecule has 0 saturated heterocycles. The van der Waals surface area contributed by atoms with Gasteiger partial charge in [0.25, 0.3) is 5.91 Å². The fraction of sp³-hybridized carbons (Fsp3) is 0.179. The summed E-state index contributed by atoms with van der Waals surface area (Å²) in [6.07, 6.45) is 1.44. The van der Waals surface area contributed by atoms with Gasteiger partial charge in [0.1, 0.15) is 17.4 Å². The second kappa shape index (κ2) is 12.6. The van der Waals surface area contributed by atoms with Crippen LogP contribution < -0.4 is 19.5 Å². The number of benzene rings is 3. The molecular weight excluding hydrogens is 524 g/mol. The number of methoxy groups -OCH3 is 1. The number of nitriles is 1. The lowest BCUT2D eigenvalue weighted by Gasteiger charge is -2.13. The molecule has 1 amide bonds. The van der Waals surface area contributed by atoms with Crippen LogP contribution in [0.15, 0.2) is 70.7 Å². The van der Waals surface area contributed by atoms with Gasteiger partial charge in [-0.05, 0) is 66.4 Å². The zero-order valence-electron chi connectivity index (χ0n) is 20.1.